The first-order valence-corrected chi connectivity index (χ1v) is 10.7. The van der Waals surface area contributed by atoms with Crippen molar-refractivity contribution in [2.45, 2.75) is 63.6 Å². The number of ether oxygens (including phenoxy) is 2. The summed E-state index contributed by atoms with van der Waals surface area (Å²) < 4.78 is 13.1. The van der Waals surface area contributed by atoms with Gasteiger partial charge in [0.25, 0.3) is 0 Å². The maximum Gasteiger partial charge on any atom is 0.174 e. The Kier molecular flexibility index (Phi) is 5.66. The number of hydrogen-bond donors (Lipinski definition) is 0. The Morgan fingerprint density at radius 1 is 0.889 bits per heavy atom. The van der Waals surface area contributed by atoms with Crippen LogP contribution in [0, 0.1) is 5.41 Å². The third kappa shape index (κ3) is 3.34. The van der Waals surface area contributed by atoms with Crippen molar-refractivity contribution in [2.75, 3.05) is 13.2 Å². The zero-order valence-electron chi connectivity index (χ0n) is 16.5. The first-order valence-electron chi connectivity index (χ1n) is 10.7. The highest BCUT2D eigenvalue weighted by Crippen LogP contribution is 2.64. The number of hydrogen-bond acceptors (Lipinski definition) is 2. The second kappa shape index (κ2) is 8.16. The molecule has 0 amide bonds. The predicted octanol–water partition coefficient (Wildman–Crippen LogP) is 6.31. The molecule has 1 aliphatic heterocycles. The first-order chi connectivity index (χ1) is 13.3. The summed E-state index contributed by atoms with van der Waals surface area (Å²) in [4.78, 5) is 0. The lowest BCUT2D eigenvalue weighted by atomic mass is 9.64. The van der Waals surface area contributed by atoms with Crippen LogP contribution in [0.1, 0.15) is 68.9 Å². The van der Waals surface area contributed by atoms with E-state index in [1.54, 1.807) is 0 Å². The van der Waals surface area contributed by atoms with E-state index in [9.17, 15) is 0 Å². The molecule has 2 heteroatoms. The van der Waals surface area contributed by atoms with E-state index in [0.29, 0.717) is 5.92 Å². The molecule has 1 saturated carbocycles. The van der Waals surface area contributed by atoms with Crippen molar-refractivity contribution < 1.29 is 9.47 Å². The summed E-state index contributed by atoms with van der Waals surface area (Å²) in [5.74, 6) is -0.104. The maximum absolute atomic E-state index is 6.62. The van der Waals surface area contributed by atoms with Crippen molar-refractivity contribution in [3.8, 4) is 0 Å². The molecule has 2 aromatic carbocycles. The summed E-state index contributed by atoms with van der Waals surface area (Å²) in [7, 11) is 0. The van der Waals surface area contributed by atoms with E-state index in [-0.39, 0.29) is 5.41 Å². The molecule has 2 atom stereocenters. The number of unbranched alkanes of at least 4 members (excludes halogenated alkanes) is 2. The van der Waals surface area contributed by atoms with Crippen molar-refractivity contribution >= 4 is 0 Å². The highest BCUT2D eigenvalue weighted by molar-refractivity contribution is 5.37. The molecule has 0 bridgehead atoms. The van der Waals surface area contributed by atoms with E-state index >= 15 is 0 Å². The Labute approximate surface area is 163 Å². The maximum atomic E-state index is 6.62. The lowest BCUT2D eigenvalue weighted by Crippen LogP contribution is -2.47. The predicted molar refractivity (Wildman–Crippen MR) is 110 cm³/mol. The van der Waals surface area contributed by atoms with Crippen molar-refractivity contribution in [3.63, 3.8) is 0 Å². The molecule has 1 saturated heterocycles. The summed E-state index contributed by atoms with van der Waals surface area (Å²) in [5.41, 5.74) is 2.80. The highest BCUT2D eigenvalue weighted by Gasteiger charge is 2.64. The van der Waals surface area contributed by atoms with Gasteiger partial charge in [-0.2, -0.15) is 0 Å². The fraction of sp³-hybridized carbons (Fsp3) is 0.520. The molecule has 0 N–H and O–H groups in total. The number of fused-ring (bicyclic) bond motifs is 1. The summed E-state index contributed by atoms with van der Waals surface area (Å²) in [6.45, 7) is 3.86. The second-order valence-electron chi connectivity index (χ2n) is 8.17. The van der Waals surface area contributed by atoms with Crippen LogP contribution in [-0.2, 0) is 9.47 Å². The van der Waals surface area contributed by atoms with Crippen LogP contribution in [0.2, 0.25) is 0 Å². The number of rotatable bonds is 8. The van der Waals surface area contributed by atoms with Crippen molar-refractivity contribution in [1.29, 1.82) is 0 Å². The van der Waals surface area contributed by atoms with E-state index in [4.69, 9.17) is 9.47 Å². The lowest BCUT2D eigenvalue weighted by molar-refractivity contribution is -0.250. The summed E-state index contributed by atoms with van der Waals surface area (Å²) in [5, 5.41) is 0. The third-order valence-corrected chi connectivity index (χ3v) is 6.67. The largest absolute Gasteiger partial charge is 0.349 e. The Hall–Kier alpha value is -1.64. The Bertz CT molecular complexity index is 660. The molecule has 0 radical (unpaired) electrons. The SMILES string of the molecule is CCCCCOC12CCCC1(C(c1ccccc1)c1ccccc1)CCO2. The third-order valence-electron chi connectivity index (χ3n) is 6.67. The summed E-state index contributed by atoms with van der Waals surface area (Å²) in [6, 6.07) is 22.0. The molecular weight excluding hydrogens is 332 g/mol. The van der Waals surface area contributed by atoms with Crippen molar-refractivity contribution in [1.82, 2.24) is 0 Å². The Balaban J connectivity index is 1.73. The van der Waals surface area contributed by atoms with Gasteiger partial charge >= 0.3 is 0 Å². The molecular formula is C25H32O2. The van der Waals surface area contributed by atoms with Gasteiger partial charge in [0.1, 0.15) is 0 Å². The van der Waals surface area contributed by atoms with Gasteiger partial charge in [0.15, 0.2) is 5.79 Å². The minimum Gasteiger partial charge on any atom is -0.349 e. The molecule has 2 aliphatic rings. The molecule has 1 aliphatic carbocycles. The van der Waals surface area contributed by atoms with Crippen LogP contribution >= 0.6 is 0 Å². The van der Waals surface area contributed by atoms with Crippen LogP contribution in [-0.4, -0.2) is 19.0 Å². The van der Waals surface area contributed by atoms with Gasteiger partial charge in [0, 0.05) is 17.8 Å². The van der Waals surface area contributed by atoms with E-state index in [2.05, 4.69) is 67.6 Å². The highest BCUT2D eigenvalue weighted by atomic mass is 16.7. The molecule has 1 heterocycles. The Morgan fingerprint density at radius 2 is 1.56 bits per heavy atom. The fourth-order valence-electron chi connectivity index (χ4n) is 5.48. The minimum absolute atomic E-state index is 0.0297. The van der Waals surface area contributed by atoms with Gasteiger partial charge in [-0.25, -0.2) is 0 Å². The molecule has 2 fully saturated rings. The molecule has 0 spiro atoms. The van der Waals surface area contributed by atoms with E-state index < -0.39 is 5.79 Å². The molecule has 0 aromatic heterocycles. The Morgan fingerprint density at radius 3 is 2.19 bits per heavy atom. The van der Waals surface area contributed by atoms with Gasteiger partial charge in [-0.3, -0.25) is 0 Å². The topological polar surface area (TPSA) is 18.5 Å². The van der Waals surface area contributed by atoms with E-state index in [1.807, 2.05) is 0 Å². The van der Waals surface area contributed by atoms with Gasteiger partial charge in [0.2, 0.25) is 0 Å². The molecule has 2 nitrogen and oxygen atoms in total. The molecule has 4 rings (SSSR count). The van der Waals surface area contributed by atoms with Crippen LogP contribution in [0.25, 0.3) is 0 Å². The van der Waals surface area contributed by atoms with Crippen LogP contribution < -0.4 is 0 Å². The zero-order valence-corrected chi connectivity index (χ0v) is 16.5. The fourth-order valence-corrected chi connectivity index (χ4v) is 5.48. The molecule has 2 unspecified atom stereocenters. The van der Waals surface area contributed by atoms with Crippen LogP contribution in [0.3, 0.4) is 0 Å². The van der Waals surface area contributed by atoms with Gasteiger partial charge in [-0.1, -0.05) is 80.4 Å². The minimum atomic E-state index is -0.420. The molecule has 2 aromatic rings. The van der Waals surface area contributed by atoms with Crippen molar-refractivity contribution in [2.24, 2.45) is 5.41 Å². The monoisotopic (exact) mass is 364 g/mol. The zero-order chi connectivity index (χ0) is 18.6. The van der Waals surface area contributed by atoms with Gasteiger partial charge in [-0.15, -0.1) is 0 Å². The smallest absolute Gasteiger partial charge is 0.174 e. The van der Waals surface area contributed by atoms with Crippen LogP contribution in [0.15, 0.2) is 60.7 Å². The first kappa shape index (κ1) is 18.7. The lowest BCUT2D eigenvalue weighted by Gasteiger charge is -2.45. The normalized spacial score (nSPS) is 27.2. The van der Waals surface area contributed by atoms with Gasteiger partial charge in [-0.05, 0) is 36.8 Å². The van der Waals surface area contributed by atoms with E-state index in [1.165, 1.54) is 36.8 Å². The van der Waals surface area contributed by atoms with Crippen molar-refractivity contribution in [3.05, 3.63) is 71.8 Å². The average molecular weight is 365 g/mol. The quantitative estimate of drug-likeness (QED) is 0.511. The standard InChI is InChI=1S/C25H32O2/c1-2-3-10-19-26-25-17-11-16-24(25,18-20-27-25)23(21-12-6-4-7-13-21)22-14-8-5-9-15-22/h4-9,12-15,23H,2-3,10-11,16-20H2,1H3. The number of benzene rings is 2. The van der Waals surface area contributed by atoms with Gasteiger partial charge in [0.05, 0.1) is 13.2 Å². The van der Waals surface area contributed by atoms with Crippen LogP contribution in [0.4, 0.5) is 0 Å². The van der Waals surface area contributed by atoms with Crippen LogP contribution in [0.5, 0.6) is 0 Å². The van der Waals surface area contributed by atoms with Gasteiger partial charge < -0.3 is 9.47 Å². The van der Waals surface area contributed by atoms with E-state index in [0.717, 1.165) is 32.5 Å². The molecule has 144 valence electrons. The summed E-state index contributed by atoms with van der Waals surface area (Å²) >= 11 is 0. The average Bonchev–Trinajstić information content (AvgIpc) is 3.23. The second-order valence-corrected chi connectivity index (χ2v) is 8.17. The molecule has 27 heavy (non-hydrogen) atoms. The summed E-state index contributed by atoms with van der Waals surface area (Å²) in [6.07, 6.45) is 8.03.